The molecular weight excluding hydrogens is 294 g/mol. The summed E-state index contributed by atoms with van der Waals surface area (Å²) in [4.78, 5) is 14.3. The van der Waals surface area contributed by atoms with Gasteiger partial charge in [-0.25, -0.2) is 0 Å². The number of carbonyl (C=O) groups excluding carboxylic acids is 1. The normalized spacial score (nSPS) is 24.1. The maximum Gasteiger partial charge on any atom is 0.254 e. The highest BCUT2D eigenvalue weighted by Gasteiger charge is 2.26. The molecule has 98 valence electrons. The van der Waals surface area contributed by atoms with Crippen LogP contribution in [-0.2, 0) is 4.74 Å². The maximum absolute atomic E-state index is 12.4. The molecule has 3 nitrogen and oxygen atoms in total. The van der Waals surface area contributed by atoms with Crippen LogP contribution in [0, 0.1) is 6.92 Å². The van der Waals surface area contributed by atoms with E-state index in [1.807, 2.05) is 43.9 Å². The molecule has 0 spiro atoms. The van der Waals surface area contributed by atoms with E-state index in [4.69, 9.17) is 4.74 Å². The average Bonchev–Trinajstić information content (AvgIpc) is 2.25. The predicted molar refractivity (Wildman–Crippen MR) is 74.8 cm³/mol. The second kappa shape index (κ2) is 5.41. The zero-order valence-electron chi connectivity index (χ0n) is 10.9. The minimum atomic E-state index is 0.0846. The summed E-state index contributed by atoms with van der Waals surface area (Å²) in [5.74, 6) is 0.0846. The summed E-state index contributed by atoms with van der Waals surface area (Å²) in [6, 6.07) is 5.80. The van der Waals surface area contributed by atoms with Gasteiger partial charge in [0.15, 0.2) is 0 Å². The average molecular weight is 312 g/mol. The van der Waals surface area contributed by atoms with Crippen molar-refractivity contribution in [1.29, 1.82) is 0 Å². The first-order valence-electron chi connectivity index (χ1n) is 6.17. The van der Waals surface area contributed by atoms with Crippen molar-refractivity contribution in [2.24, 2.45) is 0 Å². The molecule has 1 heterocycles. The maximum atomic E-state index is 12.4. The van der Waals surface area contributed by atoms with Gasteiger partial charge >= 0.3 is 0 Å². The van der Waals surface area contributed by atoms with Crippen molar-refractivity contribution < 1.29 is 9.53 Å². The number of benzene rings is 1. The molecule has 1 aromatic carbocycles. The third-order valence-corrected chi connectivity index (χ3v) is 3.45. The zero-order valence-corrected chi connectivity index (χ0v) is 12.5. The Bertz CT molecular complexity index is 431. The number of halogens is 1. The van der Waals surface area contributed by atoms with E-state index in [1.54, 1.807) is 0 Å². The Morgan fingerprint density at radius 3 is 2.44 bits per heavy atom. The summed E-state index contributed by atoms with van der Waals surface area (Å²) in [6.07, 6.45) is 0.205. The minimum absolute atomic E-state index is 0.0846. The Morgan fingerprint density at radius 2 is 1.89 bits per heavy atom. The molecule has 1 saturated heterocycles. The van der Waals surface area contributed by atoms with Crippen LogP contribution < -0.4 is 0 Å². The molecule has 0 bridgehead atoms. The zero-order chi connectivity index (χ0) is 13.3. The third kappa shape index (κ3) is 3.12. The molecule has 1 aliphatic heterocycles. The van der Waals surface area contributed by atoms with Crippen molar-refractivity contribution in [3.8, 4) is 0 Å². The molecule has 0 radical (unpaired) electrons. The number of rotatable bonds is 1. The van der Waals surface area contributed by atoms with E-state index in [-0.39, 0.29) is 18.1 Å². The van der Waals surface area contributed by atoms with Crippen molar-refractivity contribution in [3.63, 3.8) is 0 Å². The van der Waals surface area contributed by atoms with Crippen molar-refractivity contribution in [1.82, 2.24) is 4.90 Å². The monoisotopic (exact) mass is 311 g/mol. The Kier molecular flexibility index (Phi) is 4.07. The molecular formula is C14H18BrNO2. The SMILES string of the molecule is Cc1cc(Br)cc(C(=O)N2CC(C)OC(C)C2)c1. The lowest BCUT2D eigenvalue weighted by Crippen LogP contribution is -2.48. The van der Waals surface area contributed by atoms with Gasteiger partial charge in [0.2, 0.25) is 0 Å². The summed E-state index contributed by atoms with van der Waals surface area (Å²) in [5.41, 5.74) is 1.82. The molecule has 1 amide bonds. The lowest BCUT2D eigenvalue weighted by atomic mass is 10.1. The minimum Gasteiger partial charge on any atom is -0.372 e. The molecule has 1 aliphatic rings. The fourth-order valence-corrected chi connectivity index (χ4v) is 2.99. The number of morpholine rings is 1. The first-order valence-corrected chi connectivity index (χ1v) is 6.97. The third-order valence-electron chi connectivity index (χ3n) is 3.00. The van der Waals surface area contributed by atoms with Crippen molar-refractivity contribution in [2.75, 3.05) is 13.1 Å². The molecule has 2 unspecified atom stereocenters. The lowest BCUT2D eigenvalue weighted by Gasteiger charge is -2.35. The first-order chi connectivity index (χ1) is 8.45. The Morgan fingerprint density at radius 1 is 1.28 bits per heavy atom. The van der Waals surface area contributed by atoms with E-state index < -0.39 is 0 Å². The number of hydrogen-bond donors (Lipinski definition) is 0. The fraction of sp³-hybridized carbons (Fsp3) is 0.500. The molecule has 2 rings (SSSR count). The highest BCUT2D eigenvalue weighted by atomic mass is 79.9. The summed E-state index contributed by atoms with van der Waals surface area (Å²) in [5, 5.41) is 0. The van der Waals surface area contributed by atoms with Crippen LogP contribution in [-0.4, -0.2) is 36.1 Å². The predicted octanol–water partition coefficient (Wildman–Crippen LogP) is 3.01. The van der Waals surface area contributed by atoms with E-state index in [0.717, 1.165) is 15.6 Å². The highest BCUT2D eigenvalue weighted by molar-refractivity contribution is 9.10. The smallest absolute Gasteiger partial charge is 0.254 e. The van der Waals surface area contributed by atoms with Gasteiger partial charge < -0.3 is 9.64 Å². The van der Waals surface area contributed by atoms with Crippen LogP contribution in [0.2, 0.25) is 0 Å². The summed E-state index contributed by atoms with van der Waals surface area (Å²) in [7, 11) is 0. The molecule has 0 N–H and O–H groups in total. The second-order valence-electron chi connectivity index (χ2n) is 4.98. The number of nitrogens with zero attached hydrogens (tertiary/aromatic N) is 1. The van der Waals surface area contributed by atoms with Crippen molar-refractivity contribution in [2.45, 2.75) is 33.0 Å². The van der Waals surface area contributed by atoms with Gasteiger partial charge in [-0.1, -0.05) is 15.9 Å². The van der Waals surface area contributed by atoms with Gasteiger partial charge in [-0.05, 0) is 44.5 Å². The Hall–Kier alpha value is -0.870. The highest BCUT2D eigenvalue weighted by Crippen LogP contribution is 2.19. The Labute approximate surface area is 116 Å². The van der Waals surface area contributed by atoms with Crippen LogP contribution in [0.5, 0.6) is 0 Å². The molecule has 1 aromatic rings. The molecule has 0 aliphatic carbocycles. The van der Waals surface area contributed by atoms with Crippen LogP contribution in [0.1, 0.15) is 29.8 Å². The van der Waals surface area contributed by atoms with Gasteiger partial charge in [0.25, 0.3) is 5.91 Å². The van der Waals surface area contributed by atoms with Crippen molar-refractivity contribution >= 4 is 21.8 Å². The van der Waals surface area contributed by atoms with Crippen LogP contribution in [0.3, 0.4) is 0 Å². The summed E-state index contributed by atoms with van der Waals surface area (Å²) < 4.78 is 6.59. The summed E-state index contributed by atoms with van der Waals surface area (Å²) in [6.45, 7) is 7.32. The number of ether oxygens (including phenoxy) is 1. The molecule has 0 saturated carbocycles. The fourth-order valence-electron chi connectivity index (χ4n) is 2.39. The quantitative estimate of drug-likeness (QED) is 0.798. The standard InChI is InChI=1S/C14H18BrNO2/c1-9-4-12(6-13(15)5-9)14(17)16-7-10(2)18-11(3)8-16/h4-6,10-11H,7-8H2,1-3H3. The van der Waals surface area contributed by atoms with Crippen LogP contribution in [0.25, 0.3) is 0 Å². The van der Waals surface area contributed by atoms with Gasteiger partial charge in [0.05, 0.1) is 12.2 Å². The van der Waals surface area contributed by atoms with E-state index in [0.29, 0.717) is 13.1 Å². The van der Waals surface area contributed by atoms with Gasteiger partial charge in [-0.3, -0.25) is 4.79 Å². The van der Waals surface area contributed by atoms with E-state index in [9.17, 15) is 4.79 Å². The largest absolute Gasteiger partial charge is 0.372 e. The lowest BCUT2D eigenvalue weighted by molar-refractivity contribution is -0.0586. The van der Waals surface area contributed by atoms with Gasteiger partial charge in [-0.15, -0.1) is 0 Å². The van der Waals surface area contributed by atoms with Gasteiger partial charge in [-0.2, -0.15) is 0 Å². The molecule has 4 heteroatoms. The van der Waals surface area contributed by atoms with Crippen molar-refractivity contribution in [3.05, 3.63) is 33.8 Å². The molecule has 0 aromatic heterocycles. The second-order valence-corrected chi connectivity index (χ2v) is 5.90. The van der Waals surface area contributed by atoms with Crippen LogP contribution in [0.15, 0.2) is 22.7 Å². The van der Waals surface area contributed by atoms with Gasteiger partial charge in [0.1, 0.15) is 0 Å². The molecule has 2 atom stereocenters. The number of carbonyl (C=O) groups is 1. The number of amides is 1. The number of aryl methyl sites for hydroxylation is 1. The topological polar surface area (TPSA) is 29.5 Å². The van der Waals surface area contributed by atoms with E-state index in [1.165, 1.54) is 0 Å². The summed E-state index contributed by atoms with van der Waals surface area (Å²) >= 11 is 3.43. The molecule has 1 fully saturated rings. The van der Waals surface area contributed by atoms with E-state index in [2.05, 4.69) is 15.9 Å². The van der Waals surface area contributed by atoms with Crippen LogP contribution >= 0.6 is 15.9 Å². The number of hydrogen-bond acceptors (Lipinski definition) is 2. The van der Waals surface area contributed by atoms with Crippen LogP contribution in [0.4, 0.5) is 0 Å². The van der Waals surface area contributed by atoms with Gasteiger partial charge in [0, 0.05) is 23.1 Å². The Balaban J connectivity index is 2.20. The first kappa shape index (κ1) is 13.6. The molecule has 18 heavy (non-hydrogen) atoms. The van der Waals surface area contributed by atoms with E-state index >= 15 is 0 Å².